The highest BCUT2D eigenvalue weighted by Crippen LogP contribution is 2.35. The van der Waals surface area contributed by atoms with Crippen LogP contribution in [0.1, 0.15) is 29.8 Å². The van der Waals surface area contributed by atoms with Crippen molar-refractivity contribution in [1.29, 1.82) is 0 Å². The fourth-order valence-corrected chi connectivity index (χ4v) is 4.94. The SMILES string of the molecule is CN(C)C(=O)[C@@H]1C[C@H](N)C[C@H](Cc2ncnc3sc(CC(F)(F)F)cc23)C1. The van der Waals surface area contributed by atoms with E-state index in [4.69, 9.17) is 5.73 Å². The van der Waals surface area contributed by atoms with Gasteiger partial charge in [-0.15, -0.1) is 11.3 Å². The minimum atomic E-state index is -4.25. The maximum atomic E-state index is 12.7. The summed E-state index contributed by atoms with van der Waals surface area (Å²) in [6.07, 6.45) is -1.05. The number of carbonyl (C=O) groups excluding carboxylic acids is 1. The third-order valence-electron chi connectivity index (χ3n) is 4.95. The summed E-state index contributed by atoms with van der Waals surface area (Å²) in [4.78, 5) is 23.2. The Morgan fingerprint density at radius 2 is 2.04 bits per heavy atom. The molecule has 3 atom stereocenters. The highest BCUT2D eigenvalue weighted by Gasteiger charge is 2.33. The van der Waals surface area contributed by atoms with Gasteiger partial charge in [0.2, 0.25) is 5.91 Å². The molecule has 0 spiro atoms. The molecule has 1 aliphatic carbocycles. The number of fused-ring (bicyclic) bond motifs is 1. The summed E-state index contributed by atoms with van der Waals surface area (Å²) in [7, 11) is 3.47. The van der Waals surface area contributed by atoms with Crippen LogP contribution in [0.5, 0.6) is 0 Å². The molecule has 2 heterocycles. The van der Waals surface area contributed by atoms with E-state index in [0.717, 1.165) is 29.9 Å². The number of rotatable bonds is 4. The molecule has 9 heteroatoms. The normalized spacial score (nSPS) is 23.6. The second-order valence-corrected chi connectivity index (χ2v) is 8.63. The van der Waals surface area contributed by atoms with Crippen molar-refractivity contribution in [3.63, 3.8) is 0 Å². The predicted molar refractivity (Wildman–Crippen MR) is 98.4 cm³/mol. The van der Waals surface area contributed by atoms with Crippen molar-refractivity contribution in [2.45, 2.75) is 44.3 Å². The largest absolute Gasteiger partial charge is 0.393 e. The fourth-order valence-electron chi connectivity index (χ4n) is 3.89. The van der Waals surface area contributed by atoms with Crippen molar-refractivity contribution >= 4 is 27.5 Å². The molecule has 2 N–H and O–H groups in total. The number of alkyl halides is 3. The van der Waals surface area contributed by atoms with Crippen molar-refractivity contribution in [2.75, 3.05) is 14.1 Å². The Kier molecular flexibility index (Phi) is 5.71. The molecule has 148 valence electrons. The lowest BCUT2D eigenvalue weighted by molar-refractivity contribution is -0.134. The lowest BCUT2D eigenvalue weighted by atomic mass is 9.76. The van der Waals surface area contributed by atoms with Crippen LogP contribution in [0.15, 0.2) is 12.4 Å². The molecule has 0 radical (unpaired) electrons. The molecule has 0 saturated heterocycles. The Bertz CT molecular complexity index is 821. The van der Waals surface area contributed by atoms with Crippen molar-refractivity contribution in [3.8, 4) is 0 Å². The van der Waals surface area contributed by atoms with Gasteiger partial charge in [0.05, 0.1) is 12.1 Å². The molecule has 1 aliphatic rings. The first-order valence-corrected chi connectivity index (χ1v) is 9.70. The second kappa shape index (κ2) is 7.71. The first-order chi connectivity index (χ1) is 12.6. The molecular weight excluding hydrogens is 377 g/mol. The van der Waals surface area contributed by atoms with Gasteiger partial charge < -0.3 is 10.6 Å². The number of nitrogens with two attached hydrogens (primary N) is 1. The van der Waals surface area contributed by atoms with Gasteiger partial charge in [-0.05, 0) is 37.7 Å². The lowest BCUT2D eigenvalue weighted by Gasteiger charge is -2.33. The van der Waals surface area contributed by atoms with Crippen LogP contribution in [0.4, 0.5) is 13.2 Å². The van der Waals surface area contributed by atoms with Crippen LogP contribution < -0.4 is 5.73 Å². The van der Waals surface area contributed by atoms with Crippen molar-refractivity contribution in [2.24, 2.45) is 17.6 Å². The van der Waals surface area contributed by atoms with Gasteiger partial charge in [0.1, 0.15) is 11.2 Å². The summed E-state index contributed by atoms with van der Waals surface area (Å²) < 4.78 is 38.1. The smallest absolute Gasteiger partial charge is 0.349 e. The van der Waals surface area contributed by atoms with Gasteiger partial charge in [0.15, 0.2) is 0 Å². The zero-order chi connectivity index (χ0) is 19.8. The molecular formula is C18H23F3N4OS. The molecule has 0 aromatic carbocycles. The molecule has 1 saturated carbocycles. The van der Waals surface area contributed by atoms with Gasteiger partial charge >= 0.3 is 6.18 Å². The summed E-state index contributed by atoms with van der Waals surface area (Å²) in [5, 5.41) is 0.677. The summed E-state index contributed by atoms with van der Waals surface area (Å²) in [5.74, 6) is 0.132. The number of halogens is 3. The van der Waals surface area contributed by atoms with E-state index in [1.807, 2.05) is 0 Å². The minimum absolute atomic E-state index is 0.0572. The Morgan fingerprint density at radius 1 is 1.30 bits per heavy atom. The van der Waals surface area contributed by atoms with Gasteiger partial charge in [-0.25, -0.2) is 9.97 Å². The lowest BCUT2D eigenvalue weighted by Crippen LogP contribution is -2.40. The third-order valence-corrected chi connectivity index (χ3v) is 5.99. The van der Waals surface area contributed by atoms with E-state index in [-0.39, 0.29) is 28.7 Å². The van der Waals surface area contributed by atoms with E-state index in [2.05, 4.69) is 9.97 Å². The number of hydrogen-bond acceptors (Lipinski definition) is 5. The highest BCUT2D eigenvalue weighted by atomic mass is 32.1. The fraction of sp³-hybridized carbons (Fsp3) is 0.611. The van der Waals surface area contributed by atoms with Gasteiger partial charge in [0.25, 0.3) is 0 Å². The summed E-state index contributed by atoms with van der Waals surface area (Å²) >= 11 is 1.05. The molecule has 0 aliphatic heterocycles. The zero-order valence-corrected chi connectivity index (χ0v) is 16.1. The number of hydrogen-bond donors (Lipinski definition) is 1. The van der Waals surface area contributed by atoms with Crippen LogP contribution in [-0.4, -0.2) is 47.1 Å². The van der Waals surface area contributed by atoms with Gasteiger partial charge in [-0.1, -0.05) is 0 Å². The molecule has 5 nitrogen and oxygen atoms in total. The average Bonchev–Trinajstić information content (AvgIpc) is 2.94. The molecule has 2 aromatic heterocycles. The van der Waals surface area contributed by atoms with E-state index in [0.29, 0.717) is 23.1 Å². The minimum Gasteiger partial charge on any atom is -0.349 e. The quantitative estimate of drug-likeness (QED) is 0.856. The second-order valence-electron chi connectivity index (χ2n) is 7.51. The van der Waals surface area contributed by atoms with Crippen LogP contribution in [0.3, 0.4) is 0 Å². The number of nitrogens with zero attached hydrogens (tertiary/aromatic N) is 3. The van der Waals surface area contributed by atoms with E-state index in [1.165, 1.54) is 6.33 Å². The molecule has 2 aromatic rings. The molecule has 0 unspecified atom stereocenters. The van der Waals surface area contributed by atoms with Gasteiger partial charge in [0, 0.05) is 36.3 Å². The maximum absolute atomic E-state index is 12.7. The average molecular weight is 400 g/mol. The van der Waals surface area contributed by atoms with E-state index >= 15 is 0 Å². The molecule has 1 fully saturated rings. The molecule has 0 bridgehead atoms. The Labute approximate surface area is 159 Å². The Hall–Kier alpha value is -1.74. The summed E-state index contributed by atoms with van der Waals surface area (Å²) in [6, 6.07) is 1.49. The predicted octanol–water partition coefficient (Wildman–Crippen LogP) is 3.17. The zero-order valence-electron chi connectivity index (χ0n) is 15.3. The monoisotopic (exact) mass is 400 g/mol. The van der Waals surface area contributed by atoms with Crippen molar-refractivity contribution in [1.82, 2.24) is 14.9 Å². The van der Waals surface area contributed by atoms with Crippen molar-refractivity contribution < 1.29 is 18.0 Å². The van der Waals surface area contributed by atoms with Crippen LogP contribution in [-0.2, 0) is 17.6 Å². The molecule has 27 heavy (non-hydrogen) atoms. The Morgan fingerprint density at radius 3 is 2.70 bits per heavy atom. The summed E-state index contributed by atoms with van der Waals surface area (Å²) in [5.41, 5.74) is 6.90. The van der Waals surface area contributed by atoms with Crippen LogP contribution in [0.2, 0.25) is 0 Å². The maximum Gasteiger partial charge on any atom is 0.393 e. The van der Waals surface area contributed by atoms with Gasteiger partial charge in [-0.2, -0.15) is 13.2 Å². The molecule has 1 amide bonds. The number of aromatic nitrogens is 2. The topological polar surface area (TPSA) is 72.1 Å². The van der Waals surface area contributed by atoms with Crippen LogP contribution >= 0.6 is 11.3 Å². The van der Waals surface area contributed by atoms with Crippen LogP contribution in [0.25, 0.3) is 10.2 Å². The highest BCUT2D eigenvalue weighted by molar-refractivity contribution is 7.18. The van der Waals surface area contributed by atoms with Gasteiger partial charge in [-0.3, -0.25) is 4.79 Å². The number of amides is 1. The molecule has 3 rings (SSSR count). The first-order valence-electron chi connectivity index (χ1n) is 8.88. The van der Waals surface area contributed by atoms with E-state index < -0.39 is 12.6 Å². The summed E-state index contributed by atoms with van der Waals surface area (Å²) in [6.45, 7) is 0. The van der Waals surface area contributed by atoms with Crippen LogP contribution in [0, 0.1) is 11.8 Å². The van der Waals surface area contributed by atoms with E-state index in [1.54, 1.807) is 25.1 Å². The van der Waals surface area contributed by atoms with Crippen molar-refractivity contribution in [3.05, 3.63) is 23.0 Å². The number of thiophene rings is 1. The van der Waals surface area contributed by atoms with E-state index in [9.17, 15) is 18.0 Å². The Balaban J connectivity index is 1.80. The first kappa shape index (κ1) is 20.0. The number of carbonyl (C=O) groups is 1. The standard InChI is InChI=1S/C18H23F3N4OS/c1-25(2)17(26)11-3-10(4-12(22)6-11)5-15-14-7-13(8-18(19,20)21)27-16(14)24-9-23-15/h7,9-12H,3-6,8,22H2,1-2H3/t10-,11+,12-/m1/s1. The third kappa shape index (κ3) is 4.95.